The van der Waals surface area contributed by atoms with E-state index in [1.807, 2.05) is 20.8 Å². The van der Waals surface area contributed by atoms with Gasteiger partial charge in [0.2, 0.25) is 0 Å². The van der Waals surface area contributed by atoms with Crippen molar-refractivity contribution in [1.82, 2.24) is 4.90 Å². The lowest BCUT2D eigenvalue weighted by Gasteiger charge is -2.54. The number of aliphatic carboxylic acids is 1. The average molecular weight is 241 g/mol. The average Bonchev–Trinajstić information content (AvgIpc) is 2.13. The molecule has 2 aliphatic heterocycles. The van der Waals surface area contributed by atoms with E-state index in [1.54, 1.807) is 4.90 Å². The van der Waals surface area contributed by atoms with Gasteiger partial charge in [-0.25, -0.2) is 4.79 Å². The molecule has 0 aromatic heterocycles. The van der Waals surface area contributed by atoms with E-state index >= 15 is 0 Å². The molecular weight excluding hydrogens is 222 g/mol. The van der Waals surface area contributed by atoms with Gasteiger partial charge < -0.3 is 14.7 Å². The maximum Gasteiger partial charge on any atom is 0.410 e. The minimum atomic E-state index is -0.804. The third-order valence-corrected chi connectivity index (χ3v) is 3.46. The molecule has 3 aliphatic rings. The number of carbonyl (C=O) groups is 2. The molecule has 17 heavy (non-hydrogen) atoms. The fourth-order valence-electron chi connectivity index (χ4n) is 2.71. The van der Waals surface area contributed by atoms with Crippen LogP contribution in [-0.4, -0.2) is 39.8 Å². The highest BCUT2D eigenvalue weighted by atomic mass is 16.6. The van der Waals surface area contributed by atoms with Crippen molar-refractivity contribution in [2.75, 3.05) is 0 Å². The molecule has 96 valence electrons. The Kier molecular flexibility index (Phi) is 2.79. The van der Waals surface area contributed by atoms with Gasteiger partial charge in [0.1, 0.15) is 5.60 Å². The molecule has 0 aromatic carbocycles. The third kappa shape index (κ3) is 2.23. The van der Waals surface area contributed by atoms with Gasteiger partial charge in [-0.2, -0.15) is 0 Å². The quantitative estimate of drug-likeness (QED) is 0.761. The van der Waals surface area contributed by atoms with E-state index in [0.717, 1.165) is 12.8 Å². The Balaban J connectivity index is 2.03. The second-order valence-electron chi connectivity index (χ2n) is 5.87. The van der Waals surface area contributed by atoms with E-state index in [-0.39, 0.29) is 18.2 Å². The van der Waals surface area contributed by atoms with Crippen LogP contribution in [0.4, 0.5) is 4.79 Å². The van der Waals surface area contributed by atoms with Gasteiger partial charge in [-0.1, -0.05) is 0 Å². The van der Waals surface area contributed by atoms with Crippen LogP contribution in [0.25, 0.3) is 0 Å². The molecule has 0 radical (unpaired) electrons. The molecule has 1 N–H and O–H groups in total. The van der Waals surface area contributed by atoms with Crippen molar-refractivity contribution in [2.45, 2.75) is 57.7 Å². The van der Waals surface area contributed by atoms with Crippen LogP contribution in [-0.2, 0) is 9.53 Å². The first-order valence-corrected chi connectivity index (χ1v) is 6.04. The van der Waals surface area contributed by atoms with Gasteiger partial charge in [0.25, 0.3) is 0 Å². The number of piperidine rings is 1. The lowest BCUT2D eigenvalue weighted by atomic mass is 9.73. The van der Waals surface area contributed by atoms with Crippen molar-refractivity contribution < 1.29 is 19.4 Å². The number of carboxylic acids is 1. The van der Waals surface area contributed by atoms with E-state index in [9.17, 15) is 9.59 Å². The highest BCUT2D eigenvalue weighted by Gasteiger charge is 2.52. The topological polar surface area (TPSA) is 66.8 Å². The number of ether oxygens (including phenoxy) is 1. The summed E-state index contributed by atoms with van der Waals surface area (Å²) in [6.07, 6.45) is 1.87. The highest BCUT2D eigenvalue weighted by molar-refractivity contribution is 5.76. The lowest BCUT2D eigenvalue weighted by molar-refractivity contribution is -0.153. The van der Waals surface area contributed by atoms with Crippen LogP contribution in [0.5, 0.6) is 0 Å². The summed E-state index contributed by atoms with van der Waals surface area (Å²) in [6.45, 7) is 5.44. The Bertz CT molecular complexity index is 345. The van der Waals surface area contributed by atoms with Crippen LogP contribution in [0, 0.1) is 5.92 Å². The molecule has 0 aromatic rings. The van der Waals surface area contributed by atoms with E-state index in [4.69, 9.17) is 9.84 Å². The van der Waals surface area contributed by atoms with Crippen LogP contribution < -0.4 is 0 Å². The Labute approximate surface area is 101 Å². The van der Waals surface area contributed by atoms with Crippen molar-refractivity contribution in [3.05, 3.63) is 0 Å². The van der Waals surface area contributed by atoms with Crippen LogP contribution in [0.15, 0.2) is 0 Å². The molecule has 2 heterocycles. The van der Waals surface area contributed by atoms with E-state index in [1.165, 1.54) is 0 Å². The molecule has 1 aliphatic carbocycles. The molecule has 0 spiro atoms. The Morgan fingerprint density at radius 1 is 1.29 bits per heavy atom. The molecule has 2 bridgehead atoms. The predicted molar refractivity (Wildman–Crippen MR) is 60.6 cm³/mol. The van der Waals surface area contributed by atoms with E-state index < -0.39 is 17.5 Å². The Morgan fingerprint density at radius 2 is 1.94 bits per heavy atom. The lowest BCUT2D eigenvalue weighted by Crippen LogP contribution is -2.66. The molecule has 1 saturated carbocycles. The highest BCUT2D eigenvalue weighted by Crippen LogP contribution is 2.42. The molecule has 3 atom stereocenters. The summed E-state index contributed by atoms with van der Waals surface area (Å²) in [5, 5.41) is 9.09. The zero-order valence-corrected chi connectivity index (χ0v) is 10.5. The van der Waals surface area contributed by atoms with Crippen molar-refractivity contribution in [2.24, 2.45) is 5.92 Å². The standard InChI is InChI=1S/C12H19NO4/c1-12(2,3)17-11(16)13-7-4-5-8(10(14)15)9(13)6-7/h7-9H,4-6H2,1-3H3,(H,14,15)/t7-,8+,9-/m1/s1. The van der Waals surface area contributed by atoms with Gasteiger partial charge in [-0.15, -0.1) is 0 Å². The summed E-state index contributed by atoms with van der Waals surface area (Å²) in [7, 11) is 0. The largest absolute Gasteiger partial charge is 0.481 e. The minimum Gasteiger partial charge on any atom is -0.481 e. The summed E-state index contributed by atoms with van der Waals surface area (Å²) in [4.78, 5) is 24.6. The summed E-state index contributed by atoms with van der Waals surface area (Å²) < 4.78 is 5.30. The fraction of sp³-hybridized carbons (Fsp3) is 0.833. The molecule has 0 unspecified atom stereocenters. The van der Waals surface area contributed by atoms with Gasteiger partial charge in [0, 0.05) is 6.04 Å². The van der Waals surface area contributed by atoms with Crippen molar-refractivity contribution >= 4 is 12.1 Å². The summed E-state index contributed by atoms with van der Waals surface area (Å²) >= 11 is 0. The van der Waals surface area contributed by atoms with Gasteiger partial charge in [-0.3, -0.25) is 4.79 Å². The van der Waals surface area contributed by atoms with Gasteiger partial charge in [0.05, 0.1) is 12.0 Å². The van der Waals surface area contributed by atoms with E-state index in [0.29, 0.717) is 6.42 Å². The molecule has 5 nitrogen and oxygen atoms in total. The number of hydrogen-bond acceptors (Lipinski definition) is 3. The maximum absolute atomic E-state index is 11.9. The van der Waals surface area contributed by atoms with Gasteiger partial charge in [-0.05, 0) is 40.0 Å². The normalized spacial score (nSPS) is 31.7. The summed E-state index contributed by atoms with van der Waals surface area (Å²) in [6, 6.07) is 0.0200. The van der Waals surface area contributed by atoms with Crippen molar-refractivity contribution in [1.29, 1.82) is 0 Å². The zero-order valence-electron chi connectivity index (χ0n) is 10.5. The van der Waals surface area contributed by atoms with Gasteiger partial charge >= 0.3 is 12.1 Å². The first-order valence-electron chi connectivity index (χ1n) is 6.04. The van der Waals surface area contributed by atoms with Crippen LogP contribution in [0.3, 0.4) is 0 Å². The van der Waals surface area contributed by atoms with Gasteiger partial charge in [0.15, 0.2) is 0 Å². The fourth-order valence-corrected chi connectivity index (χ4v) is 2.71. The number of amides is 1. The molecule has 5 heteroatoms. The van der Waals surface area contributed by atoms with Crippen LogP contribution in [0.1, 0.15) is 40.0 Å². The second kappa shape index (κ2) is 3.89. The van der Waals surface area contributed by atoms with Crippen molar-refractivity contribution in [3.8, 4) is 0 Å². The molecule has 3 rings (SSSR count). The molecular formula is C12H19NO4. The molecule has 1 amide bonds. The maximum atomic E-state index is 11.9. The number of hydrogen-bond donors (Lipinski definition) is 1. The summed E-state index contributed by atoms with van der Waals surface area (Å²) in [5.41, 5.74) is -0.528. The minimum absolute atomic E-state index is 0.166. The summed E-state index contributed by atoms with van der Waals surface area (Å²) in [5.74, 6) is -1.23. The van der Waals surface area contributed by atoms with E-state index in [2.05, 4.69) is 0 Å². The number of nitrogens with zero attached hydrogens (tertiary/aromatic N) is 1. The first kappa shape index (κ1) is 12.2. The smallest absolute Gasteiger partial charge is 0.410 e. The zero-order chi connectivity index (χ0) is 12.8. The predicted octanol–water partition coefficient (Wildman–Crippen LogP) is 1.86. The van der Waals surface area contributed by atoms with Crippen LogP contribution in [0.2, 0.25) is 0 Å². The Morgan fingerprint density at radius 3 is 2.41 bits per heavy atom. The number of fused-ring (bicyclic) bond motifs is 2. The number of carbonyl (C=O) groups excluding carboxylic acids is 1. The molecule has 2 saturated heterocycles. The number of rotatable bonds is 1. The molecule has 3 fully saturated rings. The first-order chi connectivity index (χ1) is 7.79. The SMILES string of the molecule is CC(C)(C)OC(=O)N1[C@@H]2CC[C@H](C(=O)O)[C@H]1C2. The second-order valence-corrected chi connectivity index (χ2v) is 5.87. The van der Waals surface area contributed by atoms with Crippen molar-refractivity contribution in [3.63, 3.8) is 0 Å². The third-order valence-electron chi connectivity index (χ3n) is 3.46. The Hall–Kier alpha value is -1.26. The van der Waals surface area contributed by atoms with Crippen LogP contribution >= 0.6 is 0 Å². The monoisotopic (exact) mass is 241 g/mol. The number of carboxylic acid groups (broad SMARTS) is 1.